The van der Waals surface area contributed by atoms with Crippen LogP contribution >= 0.6 is 0 Å². The first kappa shape index (κ1) is 20.9. The minimum atomic E-state index is -0.326. The van der Waals surface area contributed by atoms with E-state index in [1.165, 1.54) is 11.0 Å². The molecule has 0 spiro atoms. The van der Waals surface area contributed by atoms with Gasteiger partial charge in [-0.1, -0.05) is 44.2 Å². The summed E-state index contributed by atoms with van der Waals surface area (Å²) < 4.78 is 0. The van der Waals surface area contributed by atoms with E-state index in [2.05, 4.69) is 5.32 Å². The molecule has 0 aliphatic carbocycles. The molecule has 2 aromatic carbocycles. The molecule has 0 radical (unpaired) electrons. The molecule has 0 atom stereocenters. The van der Waals surface area contributed by atoms with E-state index in [9.17, 15) is 19.5 Å². The second-order valence-corrected chi connectivity index (χ2v) is 5.25. The number of carbonyl (C=O) groups excluding carboxylic acids is 3. The van der Waals surface area contributed by atoms with Crippen LogP contribution in [0.2, 0.25) is 0 Å². The van der Waals surface area contributed by atoms with E-state index < -0.39 is 0 Å². The van der Waals surface area contributed by atoms with Gasteiger partial charge in [0.2, 0.25) is 5.91 Å². The Kier molecular flexibility index (Phi) is 8.57. The quantitative estimate of drug-likeness (QED) is 0.614. The van der Waals surface area contributed by atoms with Gasteiger partial charge in [0.1, 0.15) is 5.75 Å². The largest absolute Gasteiger partial charge is 0.506 e. The minimum Gasteiger partial charge on any atom is -0.506 e. The highest BCUT2D eigenvalue weighted by Crippen LogP contribution is 2.21. The summed E-state index contributed by atoms with van der Waals surface area (Å²) in [6.45, 7) is 4.19. The number of phenolic OH excluding ortho intramolecular Hbond substituents is 1. The Hall–Kier alpha value is -3.15. The Morgan fingerprint density at radius 3 is 2.35 bits per heavy atom. The fourth-order valence-electron chi connectivity index (χ4n) is 2.16. The van der Waals surface area contributed by atoms with E-state index in [0.717, 1.165) is 0 Å². The molecule has 0 aliphatic rings. The third-order valence-corrected chi connectivity index (χ3v) is 3.52. The Labute approximate surface area is 153 Å². The first-order valence-corrected chi connectivity index (χ1v) is 8.40. The normalized spacial score (nSPS) is 9.50. The first-order valence-electron chi connectivity index (χ1n) is 8.40. The van der Waals surface area contributed by atoms with Gasteiger partial charge in [0.05, 0.1) is 11.3 Å². The molecule has 2 N–H and O–H groups in total. The van der Waals surface area contributed by atoms with Crippen molar-refractivity contribution in [2.45, 2.75) is 20.3 Å². The van der Waals surface area contributed by atoms with Gasteiger partial charge in [-0.3, -0.25) is 14.4 Å². The predicted molar refractivity (Wildman–Crippen MR) is 101 cm³/mol. The van der Waals surface area contributed by atoms with Gasteiger partial charge in [-0.05, 0) is 18.2 Å². The molecule has 0 saturated heterocycles. The monoisotopic (exact) mass is 356 g/mol. The Morgan fingerprint density at radius 1 is 1.08 bits per heavy atom. The molecule has 2 aromatic rings. The van der Waals surface area contributed by atoms with Crippen molar-refractivity contribution >= 4 is 23.8 Å². The smallest absolute Gasteiger partial charge is 0.254 e. The van der Waals surface area contributed by atoms with Gasteiger partial charge in [-0.2, -0.15) is 0 Å². The summed E-state index contributed by atoms with van der Waals surface area (Å²) in [4.78, 5) is 36.7. The molecule has 138 valence electrons. The lowest BCUT2D eigenvalue weighted by Gasteiger charge is -2.18. The van der Waals surface area contributed by atoms with E-state index in [-0.39, 0.29) is 30.5 Å². The van der Waals surface area contributed by atoms with Crippen molar-refractivity contribution in [2.75, 3.05) is 18.9 Å². The first-order chi connectivity index (χ1) is 12.5. The molecular formula is C20H24N2O4. The van der Waals surface area contributed by atoms with Crippen molar-refractivity contribution in [2.24, 2.45) is 0 Å². The zero-order valence-electron chi connectivity index (χ0n) is 15.2. The lowest BCUT2D eigenvalue weighted by Crippen LogP contribution is -2.30. The van der Waals surface area contributed by atoms with E-state index >= 15 is 0 Å². The van der Waals surface area contributed by atoms with Gasteiger partial charge in [0.15, 0.2) is 6.29 Å². The van der Waals surface area contributed by atoms with Crippen LogP contribution in [-0.4, -0.2) is 41.7 Å². The number of phenols is 1. The zero-order chi connectivity index (χ0) is 19.5. The molecule has 6 heteroatoms. The number of rotatable bonds is 6. The maximum Gasteiger partial charge on any atom is 0.254 e. The molecule has 26 heavy (non-hydrogen) atoms. The zero-order valence-corrected chi connectivity index (χ0v) is 15.2. The highest BCUT2D eigenvalue weighted by molar-refractivity contribution is 6.01. The molecule has 0 saturated carbocycles. The van der Waals surface area contributed by atoms with Crippen LogP contribution in [0.4, 0.5) is 5.69 Å². The number of hydrogen-bond acceptors (Lipinski definition) is 4. The molecule has 0 bridgehead atoms. The molecule has 0 aromatic heterocycles. The predicted octanol–water partition coefficient (Wildman–Crippen LogP) is 3.33. The van der Waals surface area contributed by atoms with Crippen molar-refractivity contribution in [3.05, 3.63) is 59.7 Å². The van der Waals surface area contributed by atoms with E-state index in [0.29, 0.717) is 23.1 Å². The third kappa shape index (κ3) is 5.73. The van der Waals surface area contributed by atoms with Crippen LogP contribution in [0.1, 0.15) is 41.0 Å². The van der Waals surface area contributed by atoms with Gasteiger partial charge < -0.3 is 15.3 Å². The molecule has 6 nitrogen and oxygen atoms in total. The molecule has 0 unspecified atom stereocenters. The van der Waals surface area contributed by atoms with Gasteiger partial charge in [0, 0.05) is 25.6 Å². The number of anilines is 1. The number of para-hydroxylation sites is 2. The molecule has 0 fully saturated rings. The van der Waals surface area contributed by atoms with Crippen LogP contribution in [-0.2, 0) is 4.79 Å². The topological polar surface area (TPSA) is 86.7 Å². The average molecular weight is 356 g/mol. The third-order valence-electron chi connectivity index (χ3n) is 3.52. The van der Waals surface area contributed by atoms with Gasteiger partial charge >= 0.3 is 0 Å². The standard InChI is InChI=1S/C18H18N2O4.C2H6/c1-20(18(24)14-7-3-2-6-13(14)12-21)11-10-17(23)19-15-8-4-5-9-16(15)22;1-2/h2-9,12,22H,10-11H2,1H3,(H,19,23);1-2H3. The van der Waals surface area contributed by atoms with Gasteiger partial charge in [-0.15, -0.1) is 0 Å². The van der Waals surface area contributed by atoms with Crippen molar-refractivity contribution in [3.8, 4) is 5.75 Å². The Balaban J connectivity index is 0.00000163. The molecule has 2 amide bonds. The summed E-state index contributed by atoms with van der Waals surface area (Å²) in [7, 11) is 1.57. The number of aromatic hydroxyl groups is 1. The maximum absolute atomic E-state index is 12.3. The van der Waals surface area contributed by atoms with Crippen molar-refractivity contribution in [1.29, 1.82) is 0 Å². The van der Waals surface area contributed by atoms with Crippen LogP contribution in [0.5, 0.6) is 5.75 Å². The average Bonchev–Trinajstić information content (AvgIpc) is 2.68. The highest BCUT2D eigenvalue weighted by atomic mass is 16.3. The van der Waals surface area contributed by atoms with Crippen LogP contribution in [0.3, 0.4) is 0 Å². The van der Waals surface area contributed by atoms with E-state index in [1.807, 2.05) is 13.8 Å². The van der Waals surface area contributed by atoms with Crippen molar-refractivity contribution in [3.63, 3.8) is 0 Å². The number of nitrogens with one attached hydrogen (secondary N) is 1. The Morgan fingerprint density at radius 2 is 1.69 bits per heavy atom. The Bertz CT molecular complexity index is 759. The number of aldehydes is 1. The SMILES string of the molecule is CC.CN(CCC(=O)Nc1ccccc1O)C(=O)c1ccccc1C=O. The summed E-state index contributed by atoms with van der Waals surface area (Å²) in [5, 5.41) is 12.2. The molecule has 2 rings (SSSR count). The van der Waals surface area contributed by atoms with Crippen LogP contribution in [0, 0.1) is 0 Å². The highest BCUT2D eigenvalue weighted by Gasteiger charge is 2.16. The maximum atomic E-state index is 12.3. The molecular weight excluding hydrogens is 332 g/mol. The number of carbonyl (C=O) groups is 3. The summed E-state index contributed by atoms with van der Waals surface area (Å²) in [5.41, 5.74) is 0.937. The molecule has 0 heterocycles. The number of hydrogen-bond donors (Lipinski definition) is 2. The van der Waals surface area contributed by atoms with Gasteiger partial charge in [-0.25, -0.2) is 0 Å². The fourth-order valence-corrected chi connectivity index (χ4v) is 2.16. The lowest BCUT2D eigenvalue weighted by molar-refractivity contribution is -0.116. The summed E-state index contributed by atoms with van der Waals surface area (Å²) in [5.74, 6) is -0.664. The van der Waals surface area contributed by atoms with Crippen LogP contribution in [0.15, 0.2) is 48.5 Å². The minimum absolute atomic E-state index is 0.0183. The lowest BCUT2D eigenvalue weighted by atomic mass is 10.1. The van der Waals surface area contributed by atoms with Gasteiger partial charge in [0.25, 0.3) is 5.91 Å². The second-order valence-electron chi connectivity index (χ2n) is 5.25. The fraction of sp³-hybridized carbons (Fsp3) is 0.250. The number of benzene rings is 2. The summed E-state index contributed by atoms with van der Waals surface area (Å²) >= 11 is 0. The van der Waals surface area contributed by atoms with Crippen LogP contribution in [0.25, 0.3) is 0 Å². The summed E-state index contributed by atoms with van der Waals surface area (Å²) in [6, 6.07) is 12.9. The summed E-state index contributed by atoms with van der Waals surface area (Å²) in [6.07, 6.45) is 0.700. The van der Waals surface area contributed by atoms with Crippen molar-refractivity contribution < 1.29 is 19.5 Å². The van der Waals surface area contributed by atoms with E-state index in [1.54, 1.807) is 49.5 Å². The van der Waals surface area contributed by atoms with E-state index in [4.69, 9.17) is 0 Å². The number of nitrogens with zero attached hydrogens (tertiary/aromatic N) is 1. The second kappa shape index (κ2) is 10.7. The van der Waals surface area contributed by atoms with Crippen LogP contribution < -0.4 is 5.32 Å². The van der Waals surface area contributed by atoms with Crippen molar-refractivity contribution in [1.82, 2.24) is 4.90 Å². The number of amides is 2. The molecule has 0 aliphatic heterocycles.